The SMILES string of the molecule is Cc1ccnn1CC(N)c1ccc2ccccc2c1. The molecule has 3 aromatic rings. The van der Waals surface area contributed by atoms with E-state index in [4.69, 9.17) is 5.73 Å². The summed E-state index contributed by atoms with van der Waals surface area (Å²) in [6.45, 7) is 2.75. The van der Waals surface area contributed by atoms with Crippen molar-refractivity contribution in [2.45, 2.75) is 19.5 Å². The lowest BCUT2D eigenvalue weighted by Gasteiger charge is -2.14. The summed E-state index contributed by atoms with van der Waals surface area (Å²) in [5.41, 5.74) is 8.57. The number of aromatic nitrogens is 2. The lowest BCUT2D eigenvalue weighted by molar-refractivity contribution is 0.517. The number of benzene rings is 2. The van der Waals surface area contributed by atoms with Crippen molar-refractivity contribution in [2.75, 3.05) is 0 Å². The summed E-state index contributed by atoms with van der Waals surface area (Å²) in [6, 6.07) is 16.7. The third-order valence-corrected chi connectivity index (χ3v) is 3.50. The first kappa shape index (κ1) is 11.9. The third-order valence-electron chi connectivity index (χ3n) is 3.50. The summed E-state index contributed by atoms with van der Waals surface area (Å²) in [5.74, 6) is 0. The normalized spacial score (nSPS) is 12.7. The number of nitrogens with zero attached hydrogens (tertiary/aromatic N) is 2. The highest BCUT2D eigenvalue weighted by Crippen LogP contribution is 2.20. The third kappa shape index (κ3) is 2.37. The zero-order valence-corrected chi connectivity index (χ0v) is 11.0. The maximum Gasteiger partial charge on any atom is 0.0605 e. The fourth-order valence-corrected chi connectivity index (χ4v) is 2.32. The summed E-state index contributed by atoms with van der Waals surface area (Å²) in [7, 11) is 0. The lowest BCUT2D eigenvalue weighted by atomic mass is 10.0. The smallest absolute Gasteiger partial charge is 0.0605 e. The molecule has 1 heterocycles. The van der Waals surface area contributed by atoms with Crippen LogP contribution in [-0.2, 0) is 6.54 Å². The molecule has 0 fully saturated rings. The van der Waals surface area contributed by atoms with Gasteiger partial charge >= 0.3 is 0 Å². The summed E-state index contributed by atoms with van der Waals surface area (Å²) >= 11 is 0. The van der Waals surface area contributed by atoms with Crippen LogP contribution in [0.25, 0.3) is 10.8 Å². The molecule has 0 spiro atoms. The molecule has 0 saturated carbocycles. The number of fused-ring (bicyclic) bond motifs is 1. The van der Waals surface area contributed by atoms with E-state index in [1.807, 2.05) is 23.9 Å². The molecular formula is C16H17N3. The van der Waals surface area contributed by atoms with E-state index in [0.717, 1.165) is 11.3 Å². The molecule has 0 amide bonds. The molecule has 1 atom stereocenters. The number of hydrogen-bond acceptors (Lipinski definition) is 2. The van der Waals surface area contributed by atoms with Gasteiger partial charge in [-0.25, -0.2) is 0 Å². The fourth-order valence-electron chi connectivity index (χ4n) is 2.32. The Morgan fingerprint density at radius 2 is 1.89 bits per heavy atom. The van der Waals surface area contributed by atoms with Gasteiger partial charge < -0.3 is 5.73 Å². The molecule has 0 aliphatic rings. The Morgan fingerprint density at radius 1 is 1.11 bits per heavy atom. The minimum absolute atomic E-state index is 0.0387. The van der Waals surface area contributed by atoms with Crippen LogP contribution in [0.4, 0.5) is 0 Å². The standard InChI is InChI=1S/C16H17N3/c1-12-8-9-18-19(12)11-16(17)15-7-6-13-4-2-3-5-14(13)10-15/h2-10,16H,11,17H2,1H3. The van der Waals surface area contributed by atoms with Gasteiger partial charge in [-0.05, 0) is 35.4 Å². The second kappa shape index (κ2) is 4.86. The molecule has 1 aromatic heterocycles. The van der Waals surface area contributed by atoms with Gasteiger partial charge in [-0.3, -0.25) is 4.68 Å². The Bertz CT molecular complexity index is 700. The Morgan fingerprint density at radius 3 is 2.63 bits per heavy atom. The van der Waals surface area contributed by atoms with Crippen molar-refractivity contribution in [1.29, 1.82) is 0 Å². The molecular weight excluding hydrogens is 234 g/mol. The van der Waals surface area contributed by atoms with Crippen LogP contribution in [0.5, 0.6) is 0 Å². The Hall–Kier alpha value is -2.13. The molecule has 0 aliphatic heterocycles. The topological polar surface area (TPSA) is 43.8 Å². The molecule has 0 aliphatic carbocycles. The summed E-state index contributed by atoms with van der Waals surface area (Å²) < 4.78 is 1.94. The quantitative estimate of drug-likeness (QED) is 0.777. The van der Waals surface area contributed by atoms with Crippen LogP contribution in [0, 0.1) is 6.92 Å². The van der Waals surface area contributed by atoms with E-state index in [-0.39, 0.29) is 6.04 Å². The Balaban J connectivity index is 1.89. The highest BCUT2D eigenvalue weighted by molar-refractivity contribution is 5.83. The van der Waals surface area contributed by atoms with Crippen LogP contribution in [0.1, 0.15) is 17.3 Å². The zero-order chi connectivity index (χ0) is 13.2. The van der Waals surface area contributed by atoms with E-state index in [2.05, 4.69) is 47.6 Å². The Labute approximate surface area is 112 Å². The molecule has 3 nitrogen and oxygen atoms in total. The van der Waals surface area contributed by atoms with Crippen molar-refractivity contribution >= 4 is 10.8 Å². The summed E-state index contributed by atoms with van der Waals surface area (Å²) in [6.07, 6.45) is 1.81. The van der Waals surface area contributed by atoms with Crippen LogP contribution < -0.4 is 5.73 Å². The predicted molar refractivity (Wildman–Crippen MR) is 77.8 cm³/mol. The van der Waals surface area contributed by atoms with Gasteiger partial charge in [0.25, 0.3) is 0 Å². The van der Waals surface area contributed by atoms with Gasteiger partial charge in [-0.15, -0.1) is 0 Å². The highest BCUT2D eigenvalue weighted by atomic mass is 15.3. The van der Waals surface area contributed by atoms with Crippen LogP contribution in [0.3, 0.4) is 0 Å². The molecule has 3 rings (SSSR count). The van der Waals surface area contributed by atoms with Crippen molar-refractivity contribution in [3.63, 3.8) is 0 Å². The summed E-state index contributed by atoms with van der Waals surface area (Å²) in [4.78, 5) is 0. The minimum Gasteiger partial charge on any atom is -0.322 e. The van der Waals surface area contributed by atoms with Crippen LogP contribution in [0.2, 0.25) is 0 Å². The van der Waals surface area contributed by atoms with Gasteiger partial charge in [-0.2, -0.15) is 5.10 Å². The summed E-state index contributed by atoms with van der Waals surface area (Å²) in [5, 5.41) is 6.75. The van der Waals surface area contributed by atoms with Crippen molar-refractivity contribution in [3.05, 3.63) is 66.0 Å². The first-order chi connectivity index (χ1) is 9.24. The average Bonchev–Trinajstić information content (AvgIpc) is 2.84. The molecule has 1 unspecified atom stereocenters. The van der Waals surface area contributed by atoms with E-state index in [9.17, 15) is 0 Å². The maximum atomic E-state index is 6.29. The molecule has 2 N–H and O–H groups in total. The van der Waals surface area contributed by atoms with Crippen LogP contribution in [0.15, 0.2) is 54.7 Å². The van der Waals surface area contributed by atoms with Crippen LogP contribution >= 0.6 is 0 Å². The van der Waals surface area contributed by atoms with Crippen molar-refractivity contribution in [2.24, 2.45) is 5.73 Å². The number of hydrogen-bond donors (Lipinski definition) is 1. The maximum absolute atomic E-state index is 6.29. The van der Waals surface area contributed by atoms with Gasteiger partial charge in [0, 0.05) is 17.9 Å². The largest absolute Gasteiger partial charge is 0.322 e. The molecule has 3 heteroatoms. The van der Waals surface area contributed by atoms with E-state index in [1.165, 1.54) is 10.8 Å². The second-order valence-corrected chi connectivity index (χ2v) is 4.87. The minimum atomic E-state index is -0.0387. The van der Waals surface area contributed by atoms with Crippen molar-refractivity contribution in [1.82, 2.24) is 9.78 Å². The van der Waals surface area contributed by atoms with Gasteiger partial charge in [-0.1, -0.05) is 36.4 Å². The van der Waals surface area contributed by atoms with Crippen molar-refractivity contribution in [3.8, 4) is 0 Å². The second-order valence-electron chi connectivity index (χ2n) is 4.87. The van der Waals surface area contributed by atoms with Crippen molar-refractivity contribution < 1.29 is 0 Å². The number of aryl methyl sites for hydroxylation is 1. The zero-order valence-electron chi connectivity index (χ0n) is 11.0. The predicted octanol–water partition coefficient (Wildman–Crippen LogP) is 3.04. The number of nitrogens with two attached hydrogens (primary N) is 1. The fraction of sp³-hybridized carbons (Fsp3) is 0.188. The lowest BCUT2D eigenvalue weighted by Crippen LogP contribution is -2.19. The van der Waals surface area contributed by atoms with Gasteiger partial charge in [0.15, 0.2) is 0 Å². The van der Waals surface area contributed by atoms with E-state index < -0.39 is 0 Å². The van der Waals surface area contributed by atoms with Gasteiger partial charge in [0.1, 0.15) is 0 Å². The molecule has 19 heavy (non-hydrogen) atoms. The number of rotatable bonds is 3. The molecule has 0 bridgehead atoms. The van der Waals surface area contributed by atoms with E-state index in [0.29, 0.717) is 6.54 Å². The molecule has 0 saturated heterocycles. The van der Waals surface area contributed by atoms with Gasteiger partial charge in [0.2, 0.25) is 0 Å². The highest BCUT2D eigenvalue weighted by Gasteiger charge is 2.09. The van der Waals surface area contributed by atoms with E-state index >= 15 is 0 Å². The van der Waals surface area contributed by atoms with E-state index in [1.54, 1.807) is 0 Å². The average molecular weight is 251 g/mol. The Kier molecular flexibility index (Phi) is 3.05. The monoisotopic (exact) mass is 251 g/mol. The first-order valence-electron chi connectivity index (χ1n) is 6.47. The van der Waals surface area contributed by atoms with Gasteiger partial charge in [0.05, 0.1) is 6.54 Å². The molecule has 0 radical (unpaired) electrons. The molecule has 96 valence electrons. The van der Waals surface area contributed by atoms with Crippen LogP contribution in [-0.4, -0.2) is 9.78 Å². The first-order valence-corrected chi connectivity index (χ1v) is 6.47. The molecule has 2 aromatic carbocycles.